The first-order chi connectivity index (χ1) is 24.5. The number of amidine groups is 1. The van der Waals surface area contributed by atoms with Crippen molar-refractivity contribution >= 4 is 51.9 Å². The van der Waals surface area contributed by atoms with Crippen LogP contribution >= 0.6 is 23.4 Å². The van der Waals surface area contributed by atoms with Crippen molar-refractivity contribution in [2.45, 2.75) is 31.3 Å². The largest absolute Gasteiger partial charge is 0.493 e. The number of carbonyl (C=O) groups excluding carboxylic acids is 1. The summed E-state index contributed by atoms with van der Waals surface area (Å²) in [5.41, 5.74) is 9.32. The molecule has 1 saturated heterocycles. The van der Waals surface area contributed by atoms with Crippen molar-refractivity contribution in [2.75, 3.05) is 25.1 Å². The fourth-order valence-electron chi connectivity index (χ4n) is 7.29. The molecule has 5 aromatic carbocycles. The summed E-state index contributed by atoms with van der Waals surface area (Å²) in [7, 11) is 1.61. The summed E-state index contributed by atoms with van der Waals surface area (Å²) in [5, 5.41) is 4.26. The molecule has 3 aliphatic heterocycles. The highest BCUT2D eigenvalue weighted by molar-refractivity contribution is 8.18. The molecular formula is C42H36ClN3O3S. The SMILES string of the molecule is COc1cc(/C=C2\SC(=Nc3cc4c5c(c3)[C@@H](c3ccccc3)CCN5CC[C@@H]4c3ccccc3)NC2=O)ccc1OCc1ccc(Cl)cc1. The van der Waals surface area contributed by atoms with E-state index in [1.165, 1.54) is 39.7 Å². The van der Waals surface area contributed by atoms with Crippen molar-refractivity contribution in [3.8, 4) is 11.5 Å². The van der Waals surface area contributed by atoms with E-state index in [1.54, 1.807) is 7.11 Å². The zero-order valence-corrected chi connectivity index (χ0v) is 29.2. The molecule has 5 aromatic rings. The Hall–Kier alpha value is -4.98. The fraction of sp³-hybridized carbons (Fsp3) is 0.190. The molecule has 1 fully saturated rings. The third kappa shape index (κ3) is 6.63. The minimum absolute atomic E-state index is 0.175. The summed E-state index contributed by atoms with van der Waals surface area (Å²) in [4.78, 5) is 21.4. The molecule has 2 atom stereocenters. The molecule has 0 radical (unpaired) electrons. The minimum Gasteiger partial charge on any atom is -0.493 e. The van der Waals surface area contributed by atoms with Gasteiger partial charge in [-0.3, -0.25) is 4.79 Å². The van der Waals surface area contributed by atoms with Gasteiger partial charge >= 0.3 is 0 Å². The van der Waals surface area contributed by atoms with Crippen molar-refractivity contribution in [1.29, 1.82) is 0 Å². The van der Waals surface area contributed by atoms with Gasteiger partial charge in [0.25, 0.3) is 5.91 Å². The Morgan fingerprint density at radius 1 is 0.840 bits per heavy atom. The van der Waals surface area contributed by atoms with Crippen molar-refractivity contribution in [1.82, 2.24) is 5.32 Å². The van der Waals surface area contributed by atoms with E-state index in [2.05, 4.69) is 83.0 Å². The van der Waals surface area contributed by atoms with Crippen molar-refractivity contribution in [3.05, 3.63) is 159 Å². The van der Waals surface area contributed by atoms with Crippen LogP contribution in [0.4, 0.5) is 11.4 Å². The van der Waals surface area contributed by atoms with E-state index >= 15 is 0 Å². The molecular weight excluding hydrogens is 662 g/mol. The Morgan fingerprint density at radius 2 is 1.48 bits per heavy atom. The lowest BCUT2D eigenvalue weighted by Gasteiger charge is -2.43. The van der Waals surface area contributed by atoms with Gasteiger partial charge in [-0.25, -0.2) is 4.99 Å². The maximum atomic E-state index is 13.2. The van der Waals surface area contributed by atoms with Gasteiger partial charge in [0, 0.05) is 35.6 Å². The normalized spacial score (nSPS) is 19.7. The average molecular weight is 698 g/mol. The number of methoxy groups -OCH3 is 1. The van der Waals surface area contributed by atoms with Crippen LogP contribution < -0.4 is 19.7 Å². The molecule has 0 aliphatic carbocycles. The monoisotopic (exact) mass is 697 g/mol. The molecule has 1 N–H and O–H groups in total. The number of thioether (sulfide) groups is 1. The molecule has 0 unspecified atom stereocenters. The molecule has 6 nitrogen and oxygen atoms in total. The number of rotatable bonds is 8. The van der Waals surface area contributed by atoms with E-state index in [0.29, 0.717) is 33.2 Å². The maximum Gasteiger partial charge on any atom is 0.264 e. The van der Waals surface area contributed by atoms with Crippen molar-refractivity contribution in [3.63, 3.8) is 0 Å². The zero-order chi connectivity index (χ0) is 34.0. The van der Waals surface area contributed by atoms with Crippen molar-refractivity contribution in [2.24, 2.45) is 4.99 Å². The average Bonchev–Trinajstić information content (AvgIpc) is 3.49. The lowest BCUT2D eigenvalue weighted by atomic mass is 9.76. The van der Waals surface area contributed by atoms with Crippen LogP contribution in [0.5, 0.6) is 11.5 Å². The predicted octanol–water partition coefficient (Wildman–Crippen LogP) is 9.70. The van der Waals surface area contributed by atoms with Gasteiger partial charge in [-0.15, -0.1) is 0 Å². The topological polar surface area (TPSA) is 63.2 Å². The Labute approximate surface area is 301 Å². The Bertz CT molecular complexity index is 2030. The van der Waals surface area contributed by atoms with Crippen LogP contribution in [0.1, 0.15) is 58.1 Å². The second kappa shape index (κ2) is 14.1. The third-order valence-electron chi connectivity index (χ3n) is 9.67. The number of nitrogens with zero attached hydrogens (tertiary/aromatic N) is 2. The van der Waals surface area contributed by atoms with Crippen LogP contribution in [0, 0.1) is 0 Å². The van der Waals surface area contributed by atoms with E-state index in [0.717, 1.165) is 42.7 Å². The van der Waals surface area contributed by atoms with E-state index in [9.17, 15) is 4.79 Å². The quantitative estimate of drug-likeness (QED) is 0.164. The highest BCUT2D eigenvalue weighted by Gasteiger charge is 2.35. The summed E-state index contributed by atoms with van der Waals surface area (Å²) in [6, 6.07) is 39.3. The number of nitrogens with one attached hydrogen (secondary N) is 1. The number of ether oxygens (including phenoxy) is 2. The molecule has 0 aromatic heterocycles. The highest BCUT2D eigenvalue weighted by Crippen LogP contribution is 2.50. The molecule has 0 bridgehead atoms. The Balaban J connectivity index is 1.09. The number of hydrogen-bond donors (Lipinski definition) is 1. The molecule has 0 saturated carbocycles. The van der Waals surface area contributed by atoms with Gasteiger partial charge < -0.3 is 19.7 Å². The molecule has 0 spiro atoms. The number of anilines is 1. The van der Waals surface area contributed by atoms with Crippen LogP contribution in [0.15, 0.2) is 125 Å². The standard InChI is InChI=1S/C42H36ClN3O3S/c1-48-38-22-28(14-17-37(38)49-26-27-12-15-31(43)16-13-27)23-39-41(47)45-42(50-39)44-32-24-35-33(29-8-4-2-5-9-29)18-20-46-21-19-34(36(25-32)40(35)46)30-10-6-3-7-11-30/h2-17,22-25,33-34H,18-21,26H2,1H3,(H,44,45,47)/b39-23-/t33-,34-/m1/s1. The second-order valence-corrected chi connectivity index (χ2v) is 14.2. The molecule has 250 valence electrons. The van der Waals surface area contributed by atoms with E-state index in [4.69, 9.17) is 26.1 Å². The van der Waals surface area contributed by atoms with Crippen LogP contribution in [-0.2, 0) is 11.4 Å². The number of aliphatic imine (C=N–C) groups is 1. The van der Waals surface area contributed by atoms with E-state index in [-0.39, 0.29) is 17.7 Å². The summed E-state index contributed by atoms with van der Waals surface area (Å²) in [6.45, 7) is 2.46. The first kappa shape index (κ1) is 32.2. The van der Waals surface area contributed by atoms with Gasteiger partial charge in [-0.2, -0.15) is 0 Å². The zero-order valence-electron chi connectivity index (χ0n) is 27.6. The number of carbonyl (C=O) groups is 1. The highest BCUT2D eigenvalue weighted by atomic mass is 35.5. The van der Waals surface area contributed by atoms with Crippen molar-refractivity contribution < 1.29 is 14.3 Å². The number of benzene rings is 5. The summed E-state index contributed by atoms with van der Waals surface area (Å²) in [6.07, 6.45) is 3.97. The van der Waals surface area contributed by atoms with Gasteiger partial charge in [0.15, 0.2) is 16.7 Å². The number of hydrogen-bond acceptors (Lipinski definition) is 6. The predicted molar refractivity (Wildman–Crippen MR) is 204 cm³/mol. The summed E-state index contributed by atoms with van der Waals surface area (Å²) < 4.78 is 11.7. The fourth-order valence-corrected chi connectivity index (χ4v) is 8.26. The van der Waals surface area contributed by atoms with Gasteiger partial charge in [0.05, 0.1) is 17.7 Å². The molecule has 50 heavy (non-hydrogen) atoms. The molecule has 3 heterocycles. The van der Waals surface area contributed by atoms with Crippen LogP contribution in [0.2, 0.25) is 5.02 Å². The summed E-state index contributed by atoms with van der Waals surface area (Å²) >= 11 is 7.37. The molecule has 1 amide bonds. The minimum atomic E-state index is -0.175. The van der Waals surface area contributed by atoms with Gasteiger partial charge in [-0.1, -0.05) is 90.5 Å². The lowest BCUT2D eigenvalue weighted by molar-refractivity contribution is -0.115. The molecule has 8 rings (SSSR count). The molecule has 3 aliphatic rings. The van der Waals surface area contributed by atoms with E-state index in [1.807, 2.05) is 48.5 Å². The molecule has 8 heteroatoms. The smallest absolute Gasteiger partial charge is 0.264 e. The van der Waals surface area contributed by atoms with Crippen LogP contribution in [0.3, 0.4) is 0 Å². The first-order valence-corrected chi connectivity index (χ1v) is 18.1. The van der Waals surface area contributed by atoms with Gasteiger partial charge in [-0.05, 0) is 100 Å². The Kier molecular flexibility index (Phi) is 9.09. The van der Waals surface area contributed by atoms with Gasteiger partial charge in [0.2, 0.25) is 0 Å². The van der Waals surface area contributed by atoms with Gasteiger partial charge in [0.1, 0.15) is 6.61 Å². The van der Waals surface area contributed by atoms with Crippen LogP contribution in [0.25, 0.3) is 6.08 Å². The summed E-state index contributed by atoms with van der Waals surface area (Å²) in [5.74, 6) is 1.60. The van der Waals surface area contributed by atoms with Crippen LogP contribution in [-0.4, -0.2) is 31.3 Å². The van der Waals surface area contributed by atoms with E-state index < -0.39 is 0 Å². The number of halogens is 1. The third-order valence-corrected chi connectivity index (χ3v) is 10.8. The second-order valence-electron chi connectivity index (χ2n) is 12.8. The first-order valence-electron chi connectivity index (χ1n) is 16.9. The number of amides is 1. The lowest BCUT2D eigenvalue weighted by Crippen LogP contribution is -2.37. The Morgan fingerprint density at radius 3 is 2.10 bits per heavy atom. The maximum absolute atomic E-state index is 13.2.